The van der Waals surface area contributed by atoms with Crippen LogP contribution in [0.2, 0.25) is 0 Å². The van der Waals surface area contributed by atoms with E-state index in [9.17, 15) is 4.79 Å². The van der Waals surface area contributed by atoms with Crippen molar-refractivity contribution in [2.75, 3.05) is 0 Å². The molecule has 0 saturated heterocycles. The molecule has 1 nitrogen and oxygen atoms in total. The summed E-state index contributed by atoms with van der Waals surface area (Å²) < 4.78 is 0. The number of rotatable bonds is 6. The van der Waals surface area contributed by atoms with Crippen LogP contribution in [-0.2, 0) is 4.79 Å². The summed E-state index contributed by atoms with van der Waals surface area (Å²) in [4.78, 5) is 11.5. The van der Waals surface area contributed by atoms with Crippen molar-refractivity contribution in [3.63, 3.8) is 0 Å². The van der Waals surface area contributed by atoms with Gasteiger partial charge in [0.05, 0.1) is 0 Å². The molecule has 1 heteroatoms. The summed E-state index contributed by atoms with van der Waals surface area (Å²) in [6.45, 7) is 2.28. The van der Waals surface area contributed by atoms with Crippen molar-refractivity contribution >= 4 is 5.78 Å². The third-order valence-corrected chi connectivity index (χ3v) is 5.07. The lowest BCUT2D eigenvalue weighted by Crippen LogP contribution is -2.18. The molecule has 0 aromatic carbocycles. The third kappa shape index (κ3) is 4.78. The zero-order valence-corrected chi connectivity index (χ0v) is 12.6. The van der Waals surface area contributed by atoms with Crippen LogP contribution in [0, 0.1) is 11.8 Å². The smallest absolute Gasteiger partial charge is 0.155 e. The fraction of sp³-hybridized carbons (Fsp3) is 0.833. The molecule has 0 radical (unpaired) electrons. The molecular formula is C18H30O. The quantitative estimate of drug-likeness (QED) is 0.582. The normalized spacial score (nSPS) is 28.3. The molecule has 2 aliphatic carbocycles. The molecule has 0 aliphatic heterocycles. The highest BCUT2D eigenvalue weighted by molar-refractivity contribution is 5.91. The maximum atomic E-state index is 11.5. The summed E-state index contributed by atoms with van der Waals surface area (Å²) in [5.41, 5.74) is 1.49. The van der Waals surface area contributed by atoms with Gasteiger partial charge in [-0.3, -0.25) is 4.79 Å². The molecule has 2 aliphatic rings. The minimum atomic E-state index is 0.378. The maximum Gasteiger partial charge on any atom is 0.155 e. The Morgan fingerprint density at radius 3 is 2.53 bits per heavy atom. The molecule has 0 aromatic heterocycles. The maximum absolute atomic E-state index is 11.5. The molecule has 0 atom stereocenters. The van der Waals surface area contributed by atoms with Crippen LogP contribution in [-0.4, -0.2) is 5.78 Å². The first-order chi connectivity index (χ1) is 9.29. The third-order valence-electron chi connectivity index (χ3n) is 5.07. The Balaban J connectivity index is 1.69. The van der Waals surface area contributed by atoms with E-state index in [2.05, 4.69) is 6.92 Å². The average molecular weight is 262 g/mol. The Labute approximate surface area is 118 Å². The minimum Gasteiger partial charge on any atom is -0.295 e. The van der Waals surface area contributed by atoms with Crippen LogP contribution >= 0.6 is 0 Å². The second kappa shape index (κ2) is 7.87. The van der Waals surface area contributed by atoms with Crippen molar-refractivity contribution in [3.05, 3.63) is 11.6 Å². The summed E-state index contributed by atoms with van der Waals surface area (Å²) in [6.07, 6.45) is 17.6. The van der Waals surface area contributed by atoms with Crippen LogP contribution < -0.4 is 0 Å². The molecule has 0 unspecified atom stereocenters. The van der Waals surface area contributed by atoms with Gasteiger partial charge in [0.15, 0.2) is 5.78 Å². The van der Waals surface area contributed by atoms with Crippen LogP contribution in [0.15, 0.2) is 11.6 Å². The number of carbonyl (C=O) groups excluding carboxylic acids is 1. The predicted octanol–water partition coefficient (Wildman–Crippen LogP) is 5.44. The van der Waals surface area contributed by atoms with Gasteiger partial charge in [-0.05, 0) is 56.4 Å². The van der Waals surface area contributed by atoms with Crippen molar-refractivity contribution in [2.45, 2.75) is 84.0 Å². The van der Waals surface area contributed by atoms with Gasteiger partial charge in [-0.1, -0.05) is 44.6 Å². The fourth-order valence-electron chi connectivity index (χ4n) is 3.82. The summed E-state index contributed by atoms with van der Waals surface area (Å²) in [5.74, 6) is 2.10. The molecule has 1 saturated carbocycles. The zero-order valence-electron chi connectivity index (χ0n) is 12.6. The molecule has 0 amide bonds. The number of allylic oxidation sites excluding steroid dienone is 2. The average Bonchev–Trinajstić information content (AvgIpc) is 2.44. The Morgan fingerprint density at radius 2 is 1.84 bits per heavy atom. The van der Waals surface area contributed by atoms with E-state index >= 15 is 0 Å². The monoisotopic (exact) mass is 262 g/mol. The van der Waals surface area contributed by atoms with Gasteiger partial charge < -0.3 is 0 Å². The van der Waals surface area contributed by atoms with Crippen LogP contribution in [0.4, 0.5) is 0 Å². The number of hydrogen-bond acceptors (Lipinski definition) is 1. The first kappa shape index (κ1) is 14.8. The van der Waals surface area contributed by atoms with E-state index in [4.69, 9.17) is 0 Å². The number of ketones is 1. The Morgan fingerprint density at radius 1 is 1.05 bits per heavy atom. The van der Waals surface area contributed by atoms with Gasteiger partial charge in [-0.25, -0.2) is 0 Å². The van der Waals surface area contributed by atoms with Crippen molar-refractivity contribution in [3.8, 4) is 0 Å². The standard InChI is InChI=1S/C18H30O/c1-2-3-4-5-7-15-10-12-16(13-11-15)17-8-6-9-18(19)14-17/h14-16H,2-13H2,1H3. The highest BCUT2D eigenvalue weighted by atomic mass is 16.1. The zero-order chi connectivity index (χ0) is 13.5. The van der Waals surface area contributed by atoms with Crippen LogP contribution in [0.3, 0.4) is 0 Å². The van der Waals surface area contributed by atoms with Crippen molar-refractivity contribution < 1.29 is 4.79 Å². The molecule has 0 aromatic rings. The Bertz CT molecular complexity index is 308. The molecular weight excluding hydrogens is 232 g/mol. The van der Waals surface area contributed by atoms with Crippen molar-refractivity contribution in [1.82, 2.24) is 0 Å². The topological polar surface area (TPSA) is 17.1 Å². The van der Waals surface area contributed by atoms with Gasteiger partial charge in [0.25, 0.3) is 0 Å². The molecule has 2 rings (SSSR count). The lowest BCUT2D eigenvalue weighted by Gasteiger charge is -2.31. The van der Waals surface area contributed by atoms with E-state index in [1.54, 1.807) is 0 Å². The van der Waals surface area contributed by atoms with Crippen molar-refractivity contribution in [1.29, 1.82) is 0 Å². The number of carbonyl (C=O) groups is 1. The summed E-state index contributed by atoms with van der Waals surface area (Å²) >= 11 is 0. The van der Waals surface area contributed by atoms with Crippen LogP contribution in [0.1, 0.15) is 84.0 Å². The largest absolute Gasteiger partial charge is 0.295 e. The summed E-state index contributed by atoms with van der Waals surface area (Å²) in [6, 6.07) is 0. The second-order valence-corrected chi connectivity index (χ2v) is 6.61. The van der Waals surface area contributed by atoms with E-state index < -0.39 is 0 Å². The predicted molar refractivity (Wildman–Crippen MR) is 81.1 cm³/mol. The first-order valence-corrected chi connectivity index (χ1v) is 8.53. The fourth-order valence-corrected chi connectivity index (χ4v) is 3.82. The minimum absolute atomic E-state index is 0.378. The summed E-state index contributed by atoms with van der Waals surface area (Å²) in [7, 11) is 0. The highest BCUT2D eigenvalue weighted by Gasteiger charge is 2.25. The molecule has 1 fully saturated rings. The molecule has 0 bridgehead atoms. The second-order valence-electron chi connectivity index (χ2n) is 6.61. The molecule has 0 heterocycles. The van der Waals surface area contributed by atoms with E-state index in [1.807, 2.05) is 6.08 Å². The summed E-state index contributed by atoms with van der Waals surface area (Å²) in [5, 5.41) is 0. The lowest BCUT2D eigenvalue weighted by molar-refractivity contribution is -0.115. The first-order valence-electron chi connectivity index (χ1n) is 8.53. The molecule has 0 spiro atoms. The van der Waals surface area contributed by atoms with Gasteiger partial charge in [-0.15, -0.1) is 0 Å². The van der Waals surface area contributed by atoms with E-state index in [0.717, 1.165) is 24.7 Å². The van der Waals surface area contributed by atoms with Gasteiger partial charge in [-0.2, -0.15) is 0 Å². The number of hydrogen-bond donors (Lipinski definition) is 0. The van der Waals surface area contributed by atoms with E-state index in [0.29, 0.717) is 5.78 Å². The lowest BCUT2D eigenvalue weighted by atomic mass is 9.74. The Kier molecular flexibility index (Phi) is 6.13. The molecule has 19 heavy (non-hydrogen) atoms. The SMILES string of the molecule is CCCCCCC1CCC(C2=CC(=O)CCC2)CC1. The Hall–Kier alpha value is -0.590. The van der Waals surface area contributed by atoms with Gasteiger partial charge >= 0.3 is 0 Å². The highest BCUT2D eigenvalue weighted by Crippen LogP contribution is 2.38. The molecule has 0 N–H and O–H groups in total. The van der Waals surface area contributed by atoms with Gasteiger partial charge in [0.1, 0.15) is 0 Å². The van der Waals surface area contributed by atoms with Gasteiger partial charge in [0.2, 0.25) is 0 Å². The molecule has 108 valence electrons. The van der Waals surface area contributed by atoms with Crippen molar-refractivity contribution in [2.24, 2.45) is 11.8 Å². The van der Waals surface area contributed by atoms with Crippen LogP contribution in [0.5, 0.6) is 0 Å². The van der Waals surface area contributed by atoms with Crippen LogP contribution in [0.25, 0.3) is 0 Å². The van der Waals surface area contributed by atoms with E-state index in [-0.39, 0.29) is 0 Å². The number of unbranched alkanes of at least 4 members (excludes halogenated alkanes) is 3. The van der Waals surface area contributed by atoms with E-state index in [1.165, 1.54) is 69.8 Å². The van der Waals surface area contributed by atoms with Gasteiger partial charge in [0, 0.05) is 6.42 Å².